The third-order valence-electron chi connectivity index (χ3n) is 1.32. The van der Waals surface area contributed by atoms with Crippen LogP contribution in [0, 0.1) is 0 Å². The molecular formula is C5H10N2OSe. The van der Waals surface area contributed by atoms with Gasteiger partial charge in [-0.1, -0.05) is 0 Å². The molecule has 0 aromatic carbocycles. The van der Waals surface area contributed by atoms with E-state index in [0.717, 1.165) is 31.0 Å². The first-order chi connectivity index (χ1) is 4.30. The first-order valence-electron chi connectivity index (χ1n) is 2.93. The van der Waals surface area contributed by atoms with Crippen molar-refractivity contribution < 1.29 is 4.74 Å². The van der Waals surface area contributed by atoms with Gasteiger partial charge in [-0.25, -0.2) is 0 Å². The van der Waals surface area contributed by atoms with Crippen LogP contribution in [-0.2, 0) is 4.74 Å². The molecule has 1 saturated heterocycles. The van der Waals surface area contributed by atoms with Crippen molar-refractivity contribution in [3.05, 3.63) is 0 Å². The molecule has 1 aliphatic heterocycles. The predicted octanol–water partition coefficient (Wildman–Crippen LogP) is -1.47. The molecule has 3 nitrogen and oxygen atoms in total. The van der Waals surface area contributed by atoms with Gasteiger partial charge in [-0.3, -0.25) is 0 Å². The standard InChI is InChI=1S/C5H10N2OSe/c6-5(9)7-1-3-8-4-2-7/h1-4H2,(H2,6,9). The summed E-state index contributed by atoms with van der Waals surface area (Å²) in [4.78, 5) is 2.07. The minimum atomic E-state index is 0.776. The molecule has 0 aromatic heterocycles. The Morgan fingerprint density at radius 2 is 2.00 bits per heavy atom. The van der Waals surface area contributed by atoms with E-state index in [9.17, 15) is 0 Å². The summed E-state index contributed by atoms with van der Waals surface area (Å²) in [5.41, 5.74) is 5.50. The average molecular weight is 193 g/mol. The van der Waals surface area contributed by atoms with Crippen LogP contribution in [0.2, 0.25) is 0 Å². The number of hydrogen-bond donors (Lipinski definition) is 1. The molecule has 0 aromatic rings. The van der Waals surface area contributed by atoms with Gasteiger partial charge in [0.1, 0.15) is 0 Å². The summed E-state index contributed by atoms with van der Waals surface area (Å²) in [6.45, 7) is 3.42. The van der Waals surface area contributed by atoms with E-state index in [2.05, 4.69) is 20.5 Å². The molecule has 0 radical (unpaired) electrons. The fraction of sp³-hybridized carbons (Fsp3) is 0.800. The van der Waals surface area contributed by atoms with Crippen LogP contribution in [-0.4, -0.2) is 51.4 Å². The van der Waals surface area contributed by atoms with Gasteiger partial charge in [0.15, 0.2) is 0 Å². The third kappa shape index (κ3) is 1.97. The molecular weight excluding hydrogens is 183 g/mol. The molecule has 0 saturated carbocycles. The molecule has 0 spiro atoms. The normalized spacial score (nSPS) is 19.8. The Morgan fingerprint density at radius 3 is 2.33 bits per heavy atom. The van der Waals surface area contributed by atoms with E-state index in [1.807, 2.05) is 0 Å². The van der Waals surface area contributed by atoms with Gasteiger partial charge in [0.05, 0.1) is 0 Å². The second-order valence-electron chi connectivity index (χ2n) is 1.94. The Bertz CT molecular complexity index is 112. The SMILES string of the molecule is NC(=[Se])N1CCOCC1. The fourth-order valence-electron chi connectivity index (χ4n) is 0.784. The summed E-state index contributed by atoms with van der Waals surface area (Å²) in [7, 11) is 0. The van der Waals surface area contributed by atoms with E-state index in [0.29, 0.717) is 0 Å². The molecule has 0 aliphatic carbocycles. The molecule has 52 valence electrons. The summed E-state index contributed by atoms with van der Waals surface area (Å²) in [6.07, 6.45) is 0. The second-order valence-corrected chi connectivity index (χ2v) is 2.82. The Hall–Kier alpha value is -0.0505. The first kappa shape index (κ1) is 7.06. The van der Waals surface area contributed by atoms with Crippen LogP contribution in [0.4, 0.5) is 0 Å². The average Bonchev–Trinajstić information content (AvgIpc) is 1.90. The van der Waals surface area contributed by atoms with Gasteiger partial charge in [-0.2, -0.15) is 0 Å². The monoisotopic (exact) mass is 194 g/mol. The maximum absolute atomic E-state index is 5.50. The molecule has 0 atom stereocenters. The number of morpholine rings is 1. The number of ether oxygens (including phenoxy) is 1. The van der Waals surface area contributed by atoms with Gasteiger partial charge in [0.2, 0.25) is 0 Å². The molecule has 1 aliphatic rings. The maximum atomic E-state index is 5.50. The van der Waals surface area contributed by atoms with Crippen LogP contribution in [0.1, 0.15) is 0 Å². The number of nitrogens with zero attached hydrogens (tertiary/aromatic N) is 1. The fourth-order valence-corrected chi connectivity index (χ4v) is 1.17. The predicted molar refractivity (Wildman–Crippen MR) is 37.3 cm³/mol. The molecule has 4 heteroatoms. The van der Waals surface area contributed by atoms with Gasteiger partial charge < -0.3 is 0 Å². The van der Waals surface area contributed by atoms with Crippen molar-refractivity contribution in [1.29, 1.82) is 0 Å². The summed E-state index contributed by atoms with van der Waals surface area (Å²) >= 11 is 2.77. The van der Waals surface area contributed by atoms with Crippen molar-refractivity contribution in [1.82, 2.24) is 4.90 Å². The van der Waals surface area contributed by atoms with Crippen LogP contribution in [0.15, 0.2) is 0 Å². The van der Waals surface area contributed by atoms with E-state index in [1.165, 1.54) is 0 Å². The van der Waals surface area contributed by atoms with Crippen LogP contribution >= 0.6 is 0 Å². The minimum absolute atomic E-state index is 0.776. The molecule has 2 N–H and O–H groups in total. The van der Waals surface area contributed by atoms with Crippen LogP contribution in [0.25, 0.3) is 0 Å². The van der Waals surface area contributed by atoms with Crippen molar-refractivity contribution in [2.24, 2.45) is 5.73 Å². The molecule has 0 amide bonds. The summed E-state index contributed by atoms with van der Waals surface area (Å²) in [5, 5.41) is 0. The van der Waals surface area contributed by atoms with Crippen molar-refractivity contribution in [2.75, 3.05) is 26.3 Å². The molecule has 0 bridgehead atoms. The molecule has 0 unspecified atom stereocenters. The quantitative estimate of drug-likeness (QED) is 0.517. The molecule has 9 heavy (non-hydrogen) atoms. The zero-order chi connectivity index (χ0) is 6.69. The van der Waals surface area contributed by atoms with Gasteiger partial charge in [0, 0.05) is 0 Å². The molecule has 1 heterocycles. The number of rotatable bonds is 1. The summed E-state index contributed by atoms with van der Waals surface area (Å²) < 4.78 is 5.90. The van der Waals surface area contributed by atoms with Crippen molar-refractivity contribution in [2.45, 2.75) is 0 Å². The van der Waals surface area contributed by atoms with E-state index in [4.69, 9.17) is 10.5 Å². The zero-order valence-electron chi connectivity index (χ0n) is 5.17. The third-order valence-corrected chi connectivity index (χ3v) is 1.86. The number of nitrogens with two attached hydrogens (primary N) is 1. The molecule has 1 fully saturated rings. The van der Waals surface area contributed by atoms with Crippen molar-refractivity contribution in [3.63, 3.8) is 0 Å². The topological polar surface area (TPSA) is 38.5 Å². The van der Waals surface area contributed by atoms with E-state index < -0.39 is 0 Å². The van der Waals surface area contributed by atoms with E-state index in [-0.39, 0.29) is 0 Å². The molecule has 1 rings (SSSR count). The number of hydrogen-bond acceptors (Lipinski definition) is 3. The van der Waals surface area contributed by atoms with E-state index >= 15 is 0 Å². The Labute approximate surface area is 62.5 Å². The summed E-state index contributed by atoms with van der Waals surface area (Å²) in [6, 6.07) is 0. The second kappa shape index (κ2) is 3.20. The first-order valence-corrected chi connectivity index (χ1v) is 3.78. The van der Waals surface area contributed by atoms with Crippen LogP contribution in [0.3, 0.4) is 0 Å². The Balaban J connectivity index is 2.31. The van der Waals surface area contributed by atoms with E-state index in [1.54, 1.807) is 0 Å². The Kier molecular flexibility index (Phi) is 2.51. The Morgan fingerprint density at radius 1 is 1.44 bits per heavy atom. The van der Waals surface area contributed by atoms with Crippen molar-refractivity contribution in [3.8, 4) is 0 Å². The van der Waals surface area contributed by atoms with Gasteiger partial charge in [0.25, 0.3) is 0 Å². The van der Waals surface area contributed by atoms with Gasteiger partial charge >= 0.3 is 61.9 Å². The van der Waals surface area contributed by atoms with Gasteiger partial charge in [-0.05, 0) is 0 Å². The van der Waals surface area contributed by atoms with Gasteiger partial charge in [-0.15, -0.1) is 0 Å². The van der Waals surface area contributed by atoms with Crippen LogP contribution in [0.5, 0.6) is 0 Å². The summed E-state index contributed by atoms with van der Waals surface area (Å²) in [5.74, 6) is 0. The van der Waals surface area contributed by atoms with Crippen molar-refractivity contribution >= 4 is 20.2 Å². The van der Waals surface area contributed by atoms with Crippen LogP contribution < -0.4 is 5.73 Å². The zero-order valence-corrected chi connectivity index (χ0v) is 6.88.